The maximum absolute atomic E-state index is 4.55. The Labute approximate surface area is 135 Å². The second-order valence-electron chi connectivity index (χ2n) is 5.62. The number of nitrogens with zero attached hydrogens (tertiary/aromatic N) is 8. The molecule has 0 bridgehead atoms. The Morgan fingerprint density at radius 1 is 0.783 bits per heavy atom. The van der Waals surface area contributed by atoms with Crippen LogP contribution in [-0.4, -0.2) is 57.7 Å². The van der Waals surface area contributed by atoms with Gasteiger partial charge in [-0.15, -0.1) is 10.2 Å². The van der Waals surface area contributed by atoms with Crippen molar-refractivity contribution in [3.8, 4) is 0 Å². The average Bonchev–Trinajstić information content (AvgIpc) is 3.19. The summed E-state index contributed by atoms with van der Waals surface area (Å²) in [6.45, 7) is 0. The van der Waals surface area contributed by atoms with Crippen molar-refractivity contribution in [3.05, 3.63) is 48.5 Å². The molecule has 0 N–H and O–H groups in total. The van der Waals surface area contributed by atoms with Gasteiger partial charge in [-0.2, -0.15) is 0 Å². The smallest absolute Gasteiger partial charge is 0.244 e. The minimum Gasteiger partial charge on any atom is -0.346 e. The van der Waals surface area contributed by atoms with Gasteiger partial charge in [0.1, 0.15) is 12.7 Å². The lowest BCUT2D eigenvalue weighted by atomic mass is 10.2. The van der Waals surface area contributed by atoms with Gasteiger partial charge < -0.3 is 9.80 Å². The van der Waals surface area contributed by atoms with E-state index in [0.29, 0.717) is 11.9 Å². The summed E-state index contributed by atoms with van der Waals surface area (Å²) >= 11 is 0. The second kappa shape index (κ2) is 6.07. The van der Waals surface area contributed by atoms with Gasteiger partial charge in [-0.1, -0.05) is 30.3 Å². The van der Waals surface area contributed by atoms with Gasteiger partial charge in [0.25, 0.3) is 0 Å². The molecule has 8 heteroatoms. The van der Waals surface area contributed by atoms with Crippen LogP contribution in [0.3, 0.4) is 0 Å². The Morgan fingerprint density at radius 2 is 1.26 bits per heavy atom. The Hall–Kier alpha value is -2.90. The molecule has 3 aromatic rings. The summed E-state index contributed by atoms with van der Waals surface area (Å²) in [6.07, 6.45) is 3.19. The number of aromatic nitrogens is 6. The molecule has 0 aliphatic rings. The topological polar surface area (TPSA) is 67.9 Å². The lowest BCUT2D eigenvalue weighted by Crippen LogP contribution is -2.22. The summed E-state index contributed by atoms with van der Waals surface area (Å²) in [4.78, 5) is 12.4. The molecule has 8 nitrogen and oxygen atoms in total. The molecule has 23 heavy (non-hydrogen) atoms. The zero-order chi connectivity index (χ0) is 16.4. The third-order valence-corrected chi connectivity index (χ3v) is 3.39. The number of hydrogen-bond acceptors (Lipinski definition) is 6. The largest absolute Gasteiger partial charge is 0.346 e. The van der Waals surface area contributed by atoms with Crippen molar-refractivity contribution in [1.29, 1.82) is 0 Å². The van der Waals surface area contributed by atoms with Gasteiger partial charge in [-0.3, -0.25) is 0 Å². The van der Waals surface area contributed by atoms with Crippen LogP contribution in [0.4, 0.5) is 11.9 Å². The first kappa shape index (κ1) is 15.0. The van der Waals surface area contributed by atoms with Gasteiger partial charge in [-0.25, -0.2) is 19.3 Å². The van der Waals surface area contributed by atoms with Crippen molar-refractivity contribution in [2.24, 2.45) is 0 Å². The summed E-state index contributed by atoms with van der Waals surface area (Å²) in [6, 6.07) is 10.1. The second-order valence-corrected chi connectivity index (χ2v) is 5.62. The van der Waals surface area contributed by atoms with E-state index in [4.69, 9.17) is 0 Å². The van der Waals surface area contributed by atoms with Gasteiger partial charge in [0, 0.05) is 28.2 Å². The van der Waals surface area contributed by atoms with E-state index in [1.165, 1.54) is 0 Å². The Bertz CT molecular complexity index is 712. The fourth-order valence-electron chi connectivity index (χ4n) is 2.23. The monoisotopic (exact) mass is 312 g/mol. The highest BCUT2D eigenvalue weighted by Crippen LogP contribution is 2.20. The van der Waals surface area contributed by atoms with E-state index >= 15 is 0 Å². The minimum absolute atomic E-state index is 0.237. The molecule has 0 aliphatic carbocycles. The molecule has 1 aromatic carbocycles. The average molecular weight is 312 g/mol. The predicted molar refractivity (Wildman–Crippen MR) is 88.7 cm³/mol. The first-order valence-corrected chi connectivity index (χ1v) is 7.28. The molecule has 2 heterocycles. The lowest BCUT2D eigenvalue weighted by molar-refractivity contribution is 0.417. The van der Waals surface area contributed by atoms with E-state index in [2.05, 4.69) is 20.2 Å². The zero-order valence-corrected chi connectivity index (χ0v) is 13.7. The Balaban J connectivity index is 2.06. The van der Waals surface area contributed by atoms with Crippen LogP contribution in [0.15, 0.2) is 43.0 Å². The van der Waals surface area contributed by atoms with Gasteiger partial charge in [0.15, 0.2) is 6.17 Å². The number of hydrogen-bond donors (Lipinski definition) is 0. The molecule has 0 amide bonds. The molecular weight excluding hydrogens is 292 g/mol. The van der Waals surface area contributed by atoms with Gasteiger partial charge in [-0.05, 0) is 5.56 Å². The van der Waals surface area contributed by atoms with Crippen molar-refractivity contribution < 1.29 is 0 Å². The first-order chi connectivity index (χ1) is 11.1. The maximum Gasteiger partial charge on any atom is 0.244 e. The molecule has 0 aliphatic heterocycles. The van der Waals surface area contributed by atoms with Crippen molar-refractivity contribution in [1.82, 2.24) is 29.5 Å². The Morgan fingerprint density at radius 3 is 1.65 bits per heavy atom. The fourth-order valence-corrected chi connectivity index (χ4v) is 2.23. The Kier molecular flexibility index (Phi) is 3.96. The van der Waals surface area contributed by atoms with Crippen LogP contribution in [-0.2, 0) is 0 Å². The summed E-state index contributed by atoms with van der Waals surface area (Å²) in [5.74, 6) is 1.30. The van der Waals surface area contributed by atoms with Crippen molar-refractivity contribution in [2.45, 2.75) is 6.17 Å². The zero-order valence-electron chi connectivity index (χ0n) is 13.7. The van der Waals surface area contributed by atoms with Crippen LogP contribution in [0.2, 0.25) is 0 Å². The third kappa shape index (κ3) is 3.01. The van der Waals surface area contributed by atoms with Gasteiger partial charge in [0.2, 0.25) is 11.9 Å². The molecule has 0 atom stereocenters. The molecule has 2 aromatic heterocycles. The lowest BCUT2D eigenvalue weighted by Gasteiger charge is -2.18. The molecule has 3 rings (SSSR count). The molecule has 120 valence electrons. The molecule has 0 saturated heterocycles. The molecule has 0 radical (unpaired) electrons. The van der Waals surface area contributed by atoms with Crippen LogP contribution in [0, 0.1) is 0 Å². The highest BCUT2D eigenvalue weighted by Gasteiger charge is 2.20. The molecule has 0 fully saturated rings. The van der Waals surface area contributed by atoms with E-state index in [1.807, 2.05) is 68.3 Å². The summed E-state index contributed by atoms with van der Waals surface area (Å²) < 4.78 is 3.58. The van der Waals surface area contributed by atoms with Crippen LogP contribution in [0.25, 0.3) is 0 Å². The predicted octanol–water partition coefficient (Wildman–Crippen LogP) is 1.10. The van der Waals surface area contributed by atoms with E-state index in [0.717, 1.165) is 5.56 Å². The number of rotatable bonds is 5. The minimum atomic E-state index is -0.237. The fraction of sp³-hybridized carbons (Fsp3) is 0.333. The van der Waals surface area contributed by atoms with Gasteiger partial charge in [0.05, 0.1) is 0 Å². The van der Waals surface area contributed by atoms with E-state index in [9.17, 15) is 0 Å². The van der Waals surface area contributed by atoms with Crippen molar-refractivity contribution in [2.75, 3.05) is 38.0 Å². The van der Waals surface area contributed by atoms with E-state index in [-0.39, 0.29) is 6.17 Å². The quantitative estimate of drug-likeness (QED) is 0.703. The molecule has 0 spiro atoms. The maximum atomic E-state index is 4.55. The molecular formula is C15H20N8. The highest BCUT2D eigenvalue weighted by molar-refractivity contribution is 5.27. The summed E-state index contributed by atoms with van der Waals surface area (Å²) in [5, 5.41) is 9.09. The SMILES string of the molecule is CN(C)c1ncn(C(c2ccccc2)n2cnc(N(C)C)n2)n1. The van der Waals surface area contributed by atoms with Gasteiger partial charge >= 0.3 is 0 Å². The summed E-state index contributed by atoms with van der Waals surface area (Å²) in [5.41, 5.74) is 1.05. The normalized spacial score (nSPS) is 11.0. The van der Waals surface area contributed by atoms with Crippen LogP contribution in [0.5, 0.6) is 0 Å². The number of anilines is 2. The van der Waals surface area contributed by atoms with E-state index in [1.54, 1.807) is 22.0 Å². The number of benzene rings is 1. The standard InChI is InChI=1S/C15H20N8/c1-20(2)14-16-10-22(18-14)13(12-8-6-5-7-9-12)23-11-17-15(19-23)21(3)4/h5-11,13H,1-4H3. The van der Waals surface area contributed by atoms with Crippen LogP contribution >= 0.6 is 0 Å². The van der Waals surface area contributed by atoms with E-state index < -0.39 is 0 Å². The van der Waals surface area contributed by atoms with Crippen LogP contribution in [0.1, 0.15) is 11.7 Å². The van der Waals surface area contributed by atoms with Crippen LogP contribution < -0.4 is 9.80 Å². The van der Waals surface area contributed by atoms with Crippen molar-refractivity contribution >= 4 is 11.9 Å². The van der Waals surface area contributed by atoms with Crippen molar-refractivity contribution in [3.63, 3.8) is 0 Å². The first-order valence-electron chi connectivity index (χ1n) is 7.28. The molecule has 0 saturated carbocycles. The highest BCUT2D eigenvalue weighted by atomic mass is 15.5. The summed E-state index contributed by atoms with van der Waals surface area (Å²) in [7, 11) is 7.65. The molecule has 0 unspecified atom stereocenters. The third-order valence-electron chi connectivity index (χ3n) is 3.39.